The molecule has 0 amide bonds. The Morgan fingerprint density at radius 3 is 2.03 bits per heavy atom. The van der Waals surface area contributed by atoms with Crippen molar-refractivity contribution in [1.29, 1.82) is 0 Å². The van der Waals surface area contributed by atoms with E-state index in [1.165, 1.54) is 36.9 Å². The summed E-state index contributed by atoms with van der Waals surface area (Å²) in [7, 11) is 5.95. The van der Waals surface area contributed by atoms with E-state index in [9.17, 15) is 0 Å². The van der Waals surface area contributed by atoms with Crippen LogP contribution in [0.5, 0.6) is 0 Å². The number of hydrogen-bond acceptors (Lipinski definition) is 0. The Morgan fingerprint density at radius 2 is 1.45 bits per heavy atom. The molecule has 0 aliphatic carbocycles. The normalized spacial score (nSPS) is 13.5. The van der Waals surface area contributed by atoms with Gasteiger partial charge in [-0.05, 0) is 75.5 Å². The fourth-order valence-electron chi connectivity index (χ4n) is 3.40. The van der Waals surface area contributed by atoms with E-state index in [0.29, 0.717) is 5.92 Å². The second-order valence-electron chi connectivity index (χ2n) is 8.28. The van der Waals surface area contributed by atoms with Gasteiger partial charge in [-0.3, -0.25) is 0 Å². The molecule has 0 aliphatic heterocycles. The summed E-state index contributed by atoms with van der Waals surface area (Å²) in [6.07, 6.45) is 9.11. The fourth-order valence-corrected chi connectivity index (χ4v) is 4.85. The van der Waals surface area contributed by atoms with Gasteiger partial charge < -0.3 is 0 Å². The Morgan fingerprint density at radius 1 is 0.848 bits per heavy atom. The largest absolute Gasteiger partial charge is 0.118 e. The van der Waals surface area contributed by atoms with Crippen molar-refractivity contribution in [3.63, 3.8) is 0 Å². The first kappa shape index (κ1) is 25.6. The lowest BCUT2D eigenvalue weighted by Crippen LogP contribution is -2.00. The van der Waals surface area contributed by atoms with Gasteiger partial charge in [0, 0.05) is 7.98 Å². The zero-order valence-electron chi connectivity index (χ0n) is 19.6. The average Bonchev–Trinajstić information content (AvgIpc) is 2.82. The molecule has 0 atom stereocenters. The van der Waals surface area contributed by atoms with Crippen molar-refractivity contribution in [2.75, 3.05) is 4.93 Å². The molecule has 0 saturated carbocycles. The van der Waals surface area contributed by atoms with Crippen LogP contribution in [0, 0.1) is 0 Å². The molecule has 0 unspecified atom stereocenters. The minimum absolute atomic E-state index is 0.0980. The Labute approximate surface area is 218 Å². The second kappa shape index (κ2) is 12.5. The van der Waals surface area contributed by atoms with Gasteiger partial charge in [0.2, 0.25) is 0 Å². The molecule has 0 spiro atoms. The molecule has 3 rings (SSSR count). The van der Waals surface area contributed by atoms with Gasteiger partial charge in [0.15, 0.2) is 0 Å². The molecule has 0 nitrogen and oxygen atoms in total. The molecular formula is C30H29BBrI. The minimum atomic E-state index is -0.0980. The lowest BCUT2D eigenvalue weighted by Gasteiger charge is -2.08. The van der Waals surface area contributed by atoms with Crippen LogP contribution >= 0.6 is 36.7 Å². The zero-order valence-corrected chi connectivity index (χ0v) is 23.4. The maximum Gasteiger partial charge on any atom is 0.113 e. The predicted molar refractivity (Wildman–Crippen MR) is 162 cm³/mol. The predicted octanol–water partition coefficient (Wildman–Crippen LogP) is 8.34. The van der Waals surface area contributed by atoms with E-state index >= 15 is 0 Å². The van der Waals surface area contributed by atoms with E-state index in [2.05, 4.69) is 127 Å². The van der Waals surface area contributed by atoms with Crippen LogP contribution in [0.1, 0.15) is 48.9 Å². The summed E-state index contributed by atoms with van der Waals surface area (Å²) in [5.41, 5.74) is 8.21. The number of rotatable bonds is 7. The number of allylic oxidation sites excluding steroid dienone is 5. The number of hydrogen-bond donors (Lipinski definition) is 0. The third-order valence-electron chi connectivity index (χ3n) is 5.47. The molecule has 0 saturated heterocycles. The van der Waals surface area contributed by atoms with Crippen LogP contribution in [0.4, 0.5) is 0 Å². The van der Waals surface area contributed by atoms with E-state index in [4.69, 9.17) is 7.85 Å². The Hall–Kier alpha value is -1.98. The van der Waals surface area contributed by atoms with E-state index < -0.39 is 0 Å². The van der Waals surface area contributed by atoms with E-state index in [1.807, 2.05) is 12.1 Å². The maximum atomic E-state index is 5.95. The van der Waals surface area contributed by atoms with E-state index in [-0.39, 0.29) is 20.7 Å². The molecule has 0 aromatic heterocycles. The van der Waals surface area contributed by atoms with Crippen molar-refractivity contribution >= 4 is 70.7 Å². The molecule has 0 bridgehead atoms. The van der Waals surface area contributed by atoms with Crippen molar-refractivity contribution in [2.45, 2.75) is 26.7 Å². The second-order valence-corrected chi connectivity index (χ2v) is 11.5. The minimum Gasteiger partial charge on any atom is -0.118 e. The summed E-state index contributed by atoms with van der Waals surface area (Å²) < 4.78 is 2.47. The van der Waals surface area contributed by atoms with Crippen molar-refractivity contribution < 1.29 is 0 Å². The standard InChI is InChI=1S/C30H29BBrI/c1-21(2)24-8-5-23(6-9-24)7-18-30(33-4)20-27(26-10-14-28(31)15-11-26)19-22(3)25-12-16-29(32)17-13-25/h5-21H,1-4H3/b18-7+,22-19+,27-20+. The van der Waals surface area contributed by atoms with Crippen molar-refractivity contribution in [1.82, 2.24) is 0 Å². The van der Waals surface area contributed by atoms with Crippen molar-refractivity contribution in [3.8, 4) is 0 Å². The molecule has 0 N–H and O–H groups in total. The first-order valence-corrected chi connectivity index (χ1v) is 15.0. The zero-order chi connectivity index (χ0) is 23.8. The fraction of sp³-hybridized carbons (Fsp3) is 0.167. The maximum absolute atomic E-state index is 5.95. The monoisotopic (exact) mass is 606 g/mol. The Bertz CT molecular complexity index is 1180. The van der Waals surface area contributed by atoms with Gasteiger partial charge in [-0.15, -0.1) is 20.7 Å². The first-order chi connectivity index (χ1) is 15.9. The van der Waals surface area contributed by atoms with Crippen LogP contribution in [0.2, 0.25) is 0 Å². The van der Waals surface area contributed by atoms with Crippen LogP contribution in [-0.4, -0.2) is 16.3 Å². The molecule has 0 heterocycles. The molecule has 0 aliphatic rings. The number of benzene rings is 3. The topological polar surface area (TPSA) is 0 Å². The quantitative estimate of drug-likeness (QED) is 0.110. The van der Waals surface area contributed by atoms with Gasteiger partial charge in [0.1, 0.15) is 7.85 Å². The van der Waals surface area contributed by atoms with Crippen LogP contribution in [0.3, 0.4) is 0 Å². The van der Waals surface area contributed by atoms with Crippen LogP contribution in [0.15, 0.2) is 95.5 Å². The highest BCUT2D eigenvalue weighted by Crippen LogP contribution is 2.24. The number of alkyl halides is 1. The third-order valence-corrected chi connectivity index (χ3v) is 7.91. The molecular weight excluding hydrogens is 578 g/mol. The summed E-state index contributed by atoms with van der Waals surface area (Å²) in [6.45, 7) is 6.62. The summed E-state index contributed by atoms with van der Waals surface area (Å²) in [5.74, 6) is 0.554. The van der Waals surface area contributed by atoms with Crippen LogP contribution in [0.25, 0.3) is 17.2 Å². The highest BCUT2D eigenvalue weighted by atomic mass is 127. The average molecular weight is 607 g/mol. The smallest absolute Gasteiger partial charge is 0.113 e. The van der Waals surface area contributed by atoms with Gasteiger partial charge in [0.25, 0.3) is 0 Å². The van der Waals surface area contributed by atoms with Crippen LogP contribution in [-0.2, 0) is 0 Å². The molecule has 3 aromatic carbocycles. The summed E-state index contributed by atoms with van der Waals surface area (Å²) in [5, 5.41) is 0. The van der Waals surface area contributed by atoms with Crippen molar-refractivity contribution in [3.05, 3.63) is 118 Å². The molecule has 33 heavy (non-hydrogen) atoms. The van der Waals surface area contributed by atoms with Gasteiger partial charge in [-0.25, -0.2) is 0 Å². The Balaban J connectivity index is 1.95. The summed E-state index contributed by atoms with van der Waals surface area (Å²) >= 11 is 3.43. The first-order valence-electron chi connectivity index (χ1n) is 11.0. The van der Waals surface area contributed by atoms with Crippen molar-refractivity contribution in [2.24, 2.45) is 0 Å². The van der Waals surface area contributed by atoms with Crippen LogP contribution < -0.4 is 5.46 Å². The van der Waals surface area contributed by atoms with Gasteiger partial charge in [0.05, 0.1) is 0 Å². The summed E-state index contributed by atoms with van der Waals surface area (Å²) in [6, 6.07) is 25.5. The van der Waals surface area contributed by atoms with Gasteiger partial charge in [-0.1, -0.05) is 108 Å². The summed E-state index contributed by atoms with van der Waals surface area (Å²) in [4.78, 5) is 2.31. The number of halogens is 2. The lowest BCUT2D eigenvalue weighted by atomic mass is 9.92. The highest BCUT2D eigenvalue weighted by molar-refractivity contribution is 14.2. The van der Waals surface area contributed by atoms with Gasteiger partial charge in [-0.2, -0.15) is 0 Å². The highest BCUT2D eigenvalue weighted by Gasteiger charge is 2.04. The Kier molecular flexibility index (Phi) is 9.70. The lowest BCUT2D eigenvalue weighted by molar-refractivity contribution is 0.866. The molecule has 0 fully saturated rings. The molecule has 2 radical (unpaired) electrons. The molecule has 3 aromatic rings. The molecule has 166 valence electrons. The van der Waals surface area contributed by atoms with E-state index in [0.717, 1.165) is 9.94 Å². The third kappa shape index (κ3) is 7.79. The molecule has 3 heteroatoms. The van der Waals surface area contributed by atoms with Gasteiger partial charge >= 0.3 is 0 Å². The van der Waals surface area contributed by atoms with E-state index in [1.54, 1.807) is 0 Å². The SMILES string of the molecule is [B]c1ccc(C(/C=C(\C)c2ccc(Br)cc2)=C/C(/C=C/c2ccc(C(C)C)cc2)=IC)cc1.